The zero-order valence-electron chi connectivity index (χ0n) is 10.1. The fourth-order valence-corrected chi connectivity index (χ4v) is 4.78. The summed E-state index contributed by atoms with van der Waals surface area (Å²) in [6.45, 7) is 0. The van der Waals surface area contributed by atoms with Gasteiger partial charge in [0.1, 0.15) is 0 Å². The van der Waals surface area contributed by atoms with Crippen LogP contribution < -0.4 is 5.32 Å². The van der Waals surface area contributed by atoms with Crippen molar-refractivity contribution in [2.45, 2.75) is 44.3 Å². The highest BCUT2D eigenvalue weighted by Crippen LogP contribution is 2.70. The Morgan fingerprint density at radius 1 is 1.18 bits per heavy atom. The number of halogens is 3. The molecule has 3 fully saturated rings. The number of alkyl halides is 3. The molecule has 0 amide bonds. The number of rotatable bonds is 4. The smallest absolute Gasteiger partial charge is 0.317 e. The zero-order chi connectivity index (χ0) is 12.2. The molecule has 0 aromatic heterocycles. The lowest BCUT2D eigenvalue weighted by molar-refractivity contribution is -0.137. The van der Waals surface area contributed by atoms with E-state index in [1.165, 1.54) is 19.3 Å². The third-order valence-corrected chi connectivity index (χ3v) is 5.37. The second kappa shape index (κ2) is 3.87. The SMILES string of the molecule is CNC(CCC(F)(F)F)C1C2C3CCC(C3)C21. The van der Waals surface area contributed by atoms with Gasteiger partial charge in [0.15, 0.2) is 0 Å². The average molecular weight is 247 g/mol. The van der Waals surface area contributed by atoms with Crippen LogP contribution in [0.5, 0.6) is 0 Å². The van der Waals surface area contributed by atoms with Gasteiger partial charge in [-0.15, -0.1) is 0 Å². The van der Waals surface area contributed by atoms with E-state index in [4.69, 9.17) is 0 Å². The average Bonchev–Trinajstić information content (AvgIpc) is 2.68. The molecule has 1 N–H and O–H groups in total. The van der Waals surface area contributed by atoms with Gasteiger partial charge in [-0.2, -0.15) is 13.2 Å². The number of nitrogens with one attached hydrogen (secondary N) is 1. The fraction of sp³-hybridized carbons (Fsp3) is 1.00. The van der Waals surface area contributed by atoms with Crippen LogP contribution in [0.15, 0.2) is 0 Å². The van der Waals surface area contributed by atoms with Gasteiger partial charge < -0.3 is 5.32 Å². The molecule has 98 valence electrons. The highest BCUT2D eigenvalue weighted by Gasteiger charge is 2.66. The van der Waals surface area contributed by atoms with Gasteiger partial charge in [0.05, 0.1) is 0 Å². The molecule has 1 nitrogen and oxygen atoms in total. The van der Waals surface area contributed by atoms with Crippen molar-refractivity contribution in [1.82, 2.24) is 5.32 Å². The topological polar surface area (TPSA) is 12.0 Å². The minimum Gasteiger partial charge on any atom is -0.317 e. The van der Waals surface area contributed by atoms with E-state index in [9.17, 15) is 13.2 Å². The molecule has 17 heavy (non-hydrogen) atoms. The van der Waals surface area contributed by atoms with Gasteiger partial charge in [-0.05, 0) is 62.3 Å². The molecule has 0 spiro atoms. The van der Waals surface area contributed by atoms with E-state index in [1.54, 1.807) is 0 Å². The first-order valence-electron chi connectivity index (χ1n) is 6.75. The van der Waals surface area contributed by atoms with Crippen molar-refractivity contribution in [2.24, 2.45) is 29.6 Å². The Bertz CT molecular complexity index is 286. The summed E-state index contributed by atoms with van der Waals surface area (Å²) < 4.78 is 36.8. The monoisotopic (exact) mass is 247 g/mol. The Hall–Kier alpha value is -0.250. The maximum absolute atomic E-state index is 12.3. The second-order valence-electron chi connectivity index (χ2n) is 6.11. The van der Waals surface area contributed by atoms with Gasteiger partial charge in [-0.1, -0.05) is 0 Å². The summed E-state index contributed by atoms with van der Waals surface area (Å²) in [6, 6.07) is 0.0926. The molecule has 3 aliphatic rings. The predicted molar refractivity (Wildman–Crippen MR) is 59.4 cm³/mol. The van der Waals surface area contributed by atoms with Crippen LogP contribution in [0.1, 0.15) is 32.1 Å². The Labute approximate surface area is 100 Å². The third-order valence-electron chi connectivity index (χ3n) is 5.37. The first-order chi connectivity index (χ1) is 8.01. The summed E-state index contributed by atoms with van der Waals surface area (Å²) >= 11 is 0. The van der Waals surface area contributed by atoms with Crippen molar-refractivity contribution in [2.75, 3.05) is 7.05 Å². The summed E-state index contributed by atoms with van der Waals surface area (Å²) in [6.07, 6.45) is -0.351. The van der Waals surface area contributed by atoms with Crippen molar-refractivity contribution in [3.8, 4) is 0 Å². The largest absolute Gasteiger partial charge is 0.389 e. The van der Waals surface area contributed by atoms with Crippen LogP contribution in [-0.2, 0) is 0 Å². The molecule has 5 atom stereocenters. The molecule has 2 bridgehead atoms. The quantitative estimate of drug-likeness (QED) is 0.804. The Morgan fingerprint density at radius 2 is 1.76 bits per heavy atom. The van der Waals surface area contributed by atoms with Crippen molar-refractivity contribution in [3.63, 3.8) is 0 Å². The van der Waals surface area contributed by atoms with Crippen LogP contribution >= 0.6 is 0 Å². The molecule has 0 radical (unpaired) electrons. The lowest BCUT2D eigenvalue weighted by Gasteiger charge is -2.20. The predicted octanol–water partition coefficient (Wildman–Crippen LogP) is 3.21. The molecule has 0 saturated heterocycles. The minimum absolute atomic E-state index is 0.0926. The lowest BCUT2D eigenvalue weighted by Crippen LogP contribution is -2.31. The molecular formula is C13H20F3N. The Morgan fingerprint density at radius 3 is 2.24 bits per heavy atom. The molecule has 0 aliphatic heterocycles. The summed E-state index contributed by atoms with van der Waals surface area (Å²) in [7, 11) is 1.82. The van der Waals surface area contributed by atoms with Gasteiger partial charge in [0.25, 0.3) is 0 Å². The maximum atomic E-state index is 12.3. The first kappa shape index (κ1) is 11.8. The highest BCUT2D eigenvalue weighted by atomic mass is 19.4. The Kier molecular flexibility index (Phi) is 2.69. The number of hydrogen-bond donors (Lipinski definition) is 1. The molecule has 4 heteroatoms. The number of hydrogen-bond acceptors (Lipinski definition) is 1. The van der Waals surface area contributed by atoms with E-state index in [0.717, 1.165) is 23.7 Å². The summed E-state index contributed by atoms with van der Waals surface area (Å²) in [4.78, 5) is 0. The molecule has 0 heterocycles. The number of fused-ring (bicyclic) bond motifs is 5. The van der Waals surface area contributed by atoms with E-state index < -0.39 is 12.6 Å². The fourth-order valence-electron chi connectivity index (χ4n) is 4.78. The minimum atomic E-state index is -4.00. The lowest BCUT2D eigenvalue weighted by atomic mass is 9.95. The molecule has 0 aromatic rings. The van der Waals surface area contributed by atoms with Gasteiger partial charge in [0, 0.05) is 12.5 Å². The Balaban J connectivity index is 1.57. The van der Waals surface area contributed by atoms with E-state index in [-0.39, 0.29) is 12.5 Å². The van der Waals surface area contributed by atoms with Gasteiger partial charge in [0.2, 0.25) is 0 Å². The van der Waals surface area contributed by atoms with Crippen LogP contribution in [0.2, 0.25) is 0 Å². The summed E-state index contributed by atoms with van der Waals surface area (Å²) in [5, 5.41) is 3.13. The zero-order valence-corrected chi connectivity index (χ0v) is 10.1. The van der Waals surface area contributed by atoms with Crippen LogP contribution in [0.4, 0.5) is 13.2 Å². The van der Waals surface area contributed by atoms with E-state index in [1.807, 2.05) is 7.05 Å². The molecule has 0 aromatic carbocycles. The first-order valence-corrected chi connectivity index (χ1v) is 6.75. The van der Waals surface area contributed by atoms with Crippen LogP contribution in [0.3, 0.4) is 0 Å². The van der Waals surface area contributed by atoms with Gasteiger partial charge in [-0.3, -0.25) is 0 Å². The normalized spacial score (nSPS) is 44.8. The van der Waals surface area contributed by atoms with Crippen LogP contribution in [0, 0.1) is 29.6 Å². The molecular weight excluding hydrogens is 227 g/mol. The van der Waals surface area contributed by atoms with E-state index in [0.29, 0.717) is 5.92 Å². The molecule has 3 saturated carbocycles. The van der Waals surface area contributed by atoms with E-state index >= 15 is 0 Å². The van der Waals surface area contributed by atoms with Crippen molar-refractivity contribution in [3.05, 3.63) is 0 Å². The van der Waals surface area contributed by atoms with Crippen LogP contribution in [-0.4, -0.2) is 19.3 Å². The van der Waals surface area contributed by atoms with Crippen molar-refractivity contribution >= 4 is 0 Å². The van der Waals surface area contributed by atoms with Crippen LogP contribution in [0.25, 0.3) is 0 Å². The van der Waals surface area contributed by atoms with Crippen molar-refractivity contribution in [1.29, 1.82) is 0 Å². The third kappa shape index (κ3) is 1.98. The molecule has 3 rings (SSSR count). The summed E-state index contributed by atoms with van der Waals surface area (Å²) in [5.41, 5.74) is 0. The van der Waals surface area contributed by atoms with E-state index in [2.05, 4.69) is 5.32 Å². The highest BCUT2D eigenvalue weighted by molar-refractivity contribution is 5.15. The standard InChI is InChI=1S/C13H20F3N/c1-17-9(4-5-13(14,15)16)12-10-7-2-3-8(6-7)11(10)12/h7-12,17H,2-6H2,1H3. The second-order valence-corrected chi connectivity index (χ2v) is 6.11. The molecule has 5 unspecified atom stereocenters. The molecule has 3 aliphatic carbocycles. The van der Waals surface area contributed by atoms with Gasteiger partial charge >= 0.3 is 6.18 Å². The van der Waals surface area contributed by atoms with Gasteiger partial charge in [-0.25, -0.2) is 0 Å². The maximum Gasteiger partial charge on any atom is 0.389 e. The summed E-state index contributed by atoms with van der Waals surface area (Å²) in [5.74, 6) is 3.76. The van der Waals surface area contributed by atoms with Crippen molar-refractivity contribution < 1.29 is 13.2 Å².